The lowest BCUT2D eigenvalue weighted by Gasteiger charge is -2.29. The van der Waals surface area contributed by atoms with E-state index in [2.05, 4.69) is 65.4 Å². The van der Waals surface area contributed by atoms with Crippen LogP contribution in [0.4, 0.5) is 0 Å². The summed E-state index contributed by atoms with van der Waals surface area (Å²) in [7, 11) is 0. The minimum Gasteiger partial charge on any atom is -0.394 e. The zero-order valence-electron chi connectivity index (χ0n) is 47.0. The van der Waals surface area contributed by atoms with E-state index in [9.17, 15) is 57.8 Å². The number of unbranched alkanes of at least 4 members (excludes halogenated alkanes) is 4. The standard InChI is InChI=1S/C51H93N11O12/c1-16-17-18-19-20-21-37(64)60-49(10,11)46(72)54-28-40(67)58-36(24-32(6)7)44(70)61-50(12,13)47(73)53-25-38(65)52-26-41(68)59-42(33(8)9)45(71)62-51(14,15)48(74)55-27-39(66)57-35(23-31(4)5)43(69)56-34(29-63)22-30(2)3/h30-36,42,63H,16-29H2,1-15H3,(H,52,65)(H,53,73)(H,54,72)(H,55,74)(H,56,69)(H,57,66)(H,58,67)(H,59,68)(H,60,64)(H,61,70)(H,62,71)/t34-,35-,36-,42-/m0/s1. The summed E-state index contributed by atoms with van der Waals surface area (Å²) in [5.41, 5.74) is -4.48. The lowest BCUT2D eigenvalue weighted by atomic mass is 9.99. The summed E-state index contributed by atoms with van der Waals surface area (Å²) in [5, 5.41) is 37.8. The fourth-order valence-electron chi connectivity index (χ4n) is 7.34. The molecule has 0 rings (SSSR count). The molecule has 0 aromatic carbocycles. The molecule has 424 valence electrons. The summed E-state index contributed by atoms with van der Waals surface area (Å²) < 4.78 is 0. The van der Waals surface area contributed by atoms with E-state index < -0.39 is 132 Å². The summed E-state index contributed by atoms with van der Waals surface area (Å²) in [4.78, 5) is 143. The smallest absolute Gasteiger partial charge is 0.245 e. The molecule has 0 radical (unpaired) electrons. The third-order valence-electron chi connectivity index (χ3n) is 11.5. The lowest BCUT2D eigenvalue weighted by Crippen LogP contribution is -2.61. The largest absolute Gasteiger partial charge is 0.394 e. The molecule has 23 heteroatoms. The van der Waals surface area contributed by atoms with Gasteiger partial charge in [0, 0.05) is 6.42 Å². The van der Waals surface area contributed by atoms with E-state index >= 15 is 0 Å². The topological polar surface area (TPSA) is 340 Å². The van der Waals surface area contributed by atoms with Crippen molar-refractivity contribution in [2.45, 2.75) is 202 Å². The van der Waals surface area contributed by atoms with Gasteiger partial charge in [-0.25, -0.2) is 0 Å². The summed E-state index contributed by atoms with van der Waals surface area (Å²) in [6, 6.07) is -3.70. The van der Waals surface area contributed by atoms with Crippen LogP contribution in [0.25, 0.3) is 0 Å². The number of amides is 11. The predicted octanol–water partition coefficient (Wildman–Crippen LogP) is 0.222. The van der Waals surface area contributed by atoms with Gasteiger partial charge in [-0.2, -0.15) is 0 Å². The number of aliphatic hydroxyl groups excluding tert-OH is 1. The zero-order valence-corrected chi connectivity index (χ0v) is 47.0. The van der Waals surface area contributed by atoms with Crippen molar-refractivity contribution in [2.75, 3.05) is 32.8 Å². The van der Waals surface area contributed by atoms with Crippen LogP contribution >= 0.6 is 0 Å². The maximum absolute atomic E-state index is 13.4. The second-order valence-corrected chi connectivity index (χ2v) is 22.2. The molecule has 0 aliphatic rings. The highest BCUT2D eigenvalue weighted by atomic mass is 16.3. The van der Waals surface area contributed by atoms with E-state index in [1.54, 1.807) is 13.8 Å². The van der Waals surface area contributed by atoms with Gasteiger partial charge >= 0.3 is 0 Å². The quantitative estimate of drug-likeness (QED) is 0.0380. The third-order valence-corrected chi connectivity index (χ3v) is 11.5. The molecule has 0 aromatic heterocycles. The highest BCUT2D eigenvalue weighted by molar-refractivity contribution is 5.98. The second-order valence-electron chi connectivity index (χ2n) is 22.2. The Morgan fingerprint density at radius 2 is 0.811 bits per heavy atom. The van der Waals surface area contributed by atoms with Crippen LogP contribution in [0.2, 0.25) is 0 Å². The van der Waals surface area contributed by atoms with Gasteiger partial charge in [0.1, 0.15) is 34.7 Å². The van der Waals surface area contributed by atoms with E-state index in [0.717, 1.165) is 25.7 Å². The van der Waals surface area contributed by atoms with E-state index in [1.165, 1.54) is 41.5 Å². The van der Waals surface area contributed by atoms with Crippen molar-refractivity contribution in [1.29, 1.82) is 0 Å². The minimum absolute atomic E-state index is 0.0273. The number of hydrogen-bond donors (Lipinski definition) is 12. The molecule has 11 amide bonds. The summed E-state index contributed by atoms with van der Waals surface area (Å²) >= 11 is 0. The molecule has 0 heterocycles. The first-order chi connectivity index (χ1) is 34.2. The minimum atomic E-state index is -1.59. The van der Waals surface area contributed by atoms with Gasteiger partial charge in [0.2, 0.25) is 65.0 Å². The Hall–Kier alpha value is -5.87. The van der Waals surface area contributed by atoms with Crippen LogP contribution in [-0.4, -0.2) is 144 Å². The van der Waals surface area contributed by atoms with Gasteiger partial charge in [-0.05, 0) is 90.9 Å². The van der Waals surface area contributed by atoms with Gasteiger partial charge in [-0.3, -0.25) is 52.7 Å². The highest BCUT2D eigenvalue weighted by Gasteiger charge is 2.36. The van der Waals surface area contributed by atoms with Crippen LogP contribution in [-0.2, 0) is 52.7 Å². The van der Waals surface area contributed by atoms with Crippen LogP contribution in [0.5, 0.6) is 0 Å². The van der Waals surface area contributed by atoms with Gasteiger partial charge in [0.15, 0.2) is 0 Å². The summed E-state index contributed by atoms with van der Waals surface area (Å²) in [6.45, 7) is 22.8. The van der Waals surface area contributed by atoms with Crippen molar-refractivity contribution in [3.05, 3.63) is 0 Å². The maximum Gasteiger partial charge on any atom is 0.245 e. The molecule has 0 unspecified atom stereocenters. The van der Waals surface area contributed by atoms with Crippen molar-refractivity contribution in [3.8, 4) is 0 Å². The Balaban J connectivity index is 5.28. The molecule has 0 bridgehead atoms. The maximum atomic E-state index is 13.4. The molecular formula is C51H93N11O12. The Bertz CT molecular complexity index is 1900. The molecule has 0 fully saturated rings. The number of aliphatic hydroxyl groups is 1. The summed E-state index contributed by atoms with van der Waals surface area (Å²) in [6.07, 6.45) is 6.08. The Labute approximate surface area is 439 Å². The van der Waals surface area contributed by atoms with Crippen LogP contribution in [0.15, 0.2) is 0 Å². The molecule has 0 aromatic rings. The third kappa shape index (κ3) is 28.0. The van der Waals surface area contributed by atoms with E-state index in [4.69, 9.17) is 0 Å². The number of carbonyl (C=O) groups is 11. The average molecular weight is 1050 g/mol. The van der Waals surface area contributed by atoms with Gasteiger partial charge in [-0.1, -0.05) is 88.0 Å². The predicted molar refractivity (Wildman–Crippen MR) is 280 cm³/mol. The van der Waals surface area contributed by atoms with Crippen molar-refractivity contribution in [2.24, 2.45) is 23.7 Å². The van der Waals surface area contributed by atoms with Gasteiger partial charge in [0.05, 0.1) is 38.8 Å². The number of rotatable bonds is 35. The molecule has 0 aliphatic heterocycles. The second kappa shape index (κ2) is 33.1. The fourth-order valence-corrected chi connectivity index (χ4v) is 7.34. The average Bonchev–Trinajstić information content (AvgIpc) is 3.28. The van der Waals surface area contributed by atoms with Crippen molar-refractivity contribution >= 4 is 65.0 Å². The van der Waals surface area contributed by atoms with E-state index in [1.807, 2.05) is 41.5 Å². The molecule has 23 nitrogen and oxygen atoms in total. The molecule has 4 atom stereocenters. The molecule has 0 spiro atoms. The molecule has 0 aliphatic carbocycles. The van der Waals surface area contributed by atoms with Gasteiger partial charge < -0.3 is 63.6 Å². The first kappa shape index (κ1) is 68.1. The van der Waals surface area contributed by atoms with Crippen molar-refractivity contribution in [3.63, 3.8) is 0 Å². The normalized spacial score (nSPS) is 13.4. The first-order valence-corrected chi connectivity index (χ1v) is 26.0. The molecular weight excluding hydrogens is 959 g/mol. The Morgan fingerprint density at radius 3 is 1.24 bits per heavy atom. The van der Waals surface area contributed by atoms with Crippen LogP contribution in [0.3, 0.4) is 0 Å². The van der Waals surface area contributed by atoms with E-state index in [0.29, 0.717) is 19.3 Å². The van der Waals surface area contributed by atoms with E-state index in [-0.39, 0.29) is 43.1 Å². The van der Waals surface area contributed by atoms with Crippen molar-refractivity contribution < 1.29 is 57.8 Å². The molecule has 0 saturated carbocycles. The Kier molecular flexibility index (Phi) is 30.5. The van der Waals surface area contributed by atoms with Crippen molar-refractivity contribution in [1.82, 2.24) is 58.5 Å². The Morgan fingerprint density at radius 1 is 0.419 bits per heavy atom. The zero-order chi connectivity index (χ0) is 57.1. The SMILES string of the molecule is CCCCCCCC(=O)NC(C)(C)C(=O)NCC(=O)N[C@@H](CC(C)C)C(=O)NC(C)(C)C(=O)NCC(=O)NCC(=O)N[C@H](C(=O)NC(C)(C)C(=O)NCC(=O)N[C@@H](CC(C)C)C(=O)N[C@H](CO)CC(C)C)C(C)C. The molecule has 0 saturated heterocycles. The monoisotopic (exact) mass is 1050 g/mol. The fraction of sp³-hybridized carbons (Fsp3) is 0.784. The number of carbonyl (C=O) groups excluding carboxylic acids is 11. The highest BCUT2D eigenvalue weighted by Crippen LogP contribution is 2.13. The van der Waals surface area contributed by atoms with Crippen LogP contribution in [0, 0.1) is 23.7 Å². The lowest BCUT2D eigenvalue weighted by molar-refractivity contribution is -0.136. The van der Waals surface area contributed by atoms with Gasteiger partial charge in [0.25, 0.3) is 0 Å². The van der Waals surface area contributed by atoms with Crippen LogP contribution < -0.4 is 58.5 Å². The number of nitrogens with one attached hydrogen (secondary N) is 11. The number of hydrogen-bond acceptors (Lipinski definition) is 12. The van der Waals surface area contributed by atoms with Gasteiger partial charge in [-0.15, -0.1) is 0 Å². The van der Waals surface area contributed by atoms with Crippen LogP contribution in [0.1, 0.15) is 162 Å². The first-order valence-electron chi connectivity index (χ1n) is 26.0. The summed E-state index contributed by atoms with van der Waals surface area (Å²) in [5.74, 6) is -7.51. The molecule has 74 heavy (non-hydrogen) atoms. The molecule has 12 N–H and O–H groups in total.